The van der Waals surface area contributed by atoms with Crippen LogP contribution in [0.15, 0.2) is 54.0 Å². The predicted octanol–water partition coefficient (Wildman–Crippen LogP) is 4.59. The number of alkyl halides is 3. The van der Waals surface area contributed by atoms with Gasteiger partial charge in [0.1, 0.15) is 5.75 Å². The second kappa shape index (κ2) is 7.22. The number of ether oxygens (including phenoxy) is 1. The number of nitroso groups, excluding NO2 is 1. The van der Waals surface area contributed by atoms with E-state index in [2.05, 4.69) is 10.3 Å². The molecule has 2 aromatic carbocycles. The summed E-state index contributed by atoms with van der Waals surface area (Å²) < 4.78 is 49.6. The number of fused-ring (bicyclic) bond motifs is 3. The van der Waals surface area contributed by atoms with Crippen LogP contribution in [0.4, 0.5) is 13.2 Å². The molecule has 3 aromatic rings. The van der Waals surface area contributed by atoms with Crippen molar-refractivity contribution in [3.63, 3.8) is 0 Å². The summed E-state index contributed by atoms with van der Waals surface area (Å²) in [5, 5.41) is 15.6. The number of aryl methyl sites for hydroxylation is 1. The van der Waals surface area contributed by atoms with Crippen LogP contribution in [0.1, 0.15) is 17.5 Å². The Labute approximate surface area is 174 Å². The molecule has 0 bridgehead atoms. The lowest BCUT2D eigenvalue weighted by Gasteiger charge is -2.27. The van der Waals surface area contributed by atoms with E-state index in [0.29, 0.717) is 11.1 Å². The topological polar surface area (TPSA) is 93.8 Å². The smallest absolute Gasteiger partial charge is 0.425 e. The molecule has 31 heavy (non-hydrogen) atoms. The molecule has 4 rings (SSSR count). The number of carboxylic acids is 1. The van der Waals surface area contributed by atoms with Crippen molar-refractivity contribution >= 4 is 5.97 Å². The number of rotatable bonds is 6. The lowest BCUT2D eigenvalue weighted by molar-refractivity contribution is -0.175. The molecule has 1 N–H and O–H groups in total. The Morgan fingerprint density at radius 2 is 1.97 bits per heavy atom. The molecule has 0 spiro atoms. The standard InChI is InChI=1S/C21H16F3N3O4/c1-31-13-8-15(12-10-25-27(11-12)7-6-18(28)29)19-14-4-2-3-5-16(14)20(26-30,17(19)9-13)21(22,23)24/h2-5,8-11H,6-7H2,1H3,(H,28,29). The predicted molar refractivity (Wildman–Crippen MR) is 105 cm³/mol. The second-order valence-electron chi connectivity index (χ2n) is 7.08. The molecule has 1 aromatic heterocycles. The summed E-state index contributed by atoms with van der Waals surface area (Å²) in [4.78, 5) is 22.6. The monoisotopic (exact) mass is 431 g/mol. The number of aromatic nitrogens is 2. The van der Waals surface area contributed by atoms with Gasteiger partial charge in [0, 0.05) is 22.9 Å². The first-order valence-corrected chi connectivity index (χ1v) is 9.21. The molecule has 1 heterocycles. The molecule has 1 atom stereocenters. The summed E-state index contributed by atoms with van der Waals surface area (Å²) in [5.41, 5.74) is -2.35. The first kappa shape index (κ1) is 20.6. The fourth-order valence-corrected chi connectivity index (χ4v) is 3.99. The SMILES string of the molecule is COc1cc(-c2cnn(CCC(=O)O)c2)c2c(c1)C(N=O)(C(F)(F)F)c1ccccc1-2. The number of carboxylic acid groups (broad SMARTS) is 1. The third kappa shape index (κ3) is 3.06. The van der Waals surface area contributed by atoms with Crippen LogP contribution in [-0.4, -0.2) is 34.1 Å². The summed E-state index contributed by atoms with van der Waals surface area (Å²) >= 11 is 0. The average Bonchev–Trinajstić information content (AvgIpc) is 3.32. The number of aliphatic carboxylic acids is 1. The highest BCUT2D eigenvalue weighted by Gasteiger charge is 2.64. The molecule has 7 nitrogen and oxygen atoms in total. The maximum absolute atomic E-state index is 14.3. The molecule has 1 aliphatic carbocycles. The van der Waals surface area contributed by atoms with E-state index < -0.39 is 17.7 Å². The zero-order valence-electron chi connectivity index (χ0n) is 16.2. The maximum Gasteiger partial charge on any atom is 0.425 e. The van der Waals surface area contributed by atoms with Gasteiger partial charge in [0.05, 0.1) is 26.3 Å². The van der Waals surface area contributed by atoms with E-state index in [4.69, 9.17) is 9.84 Å². The van der Waals surface area contributed by atoms with Crippen LogP contribution in [-0.2, 0) is 16.9 Å². The molecule has 0 fully saturated rings. The van der Waals surface area contributed by atoms with E-state index in [-0.39, 0.29) is 41.0 Å². The molecule has 0 aliphatic heterocycles. The van der Waals surface area contributed by atoms with E-state index >= 15 is 0 Å². The minimum absolute atomic E-state index is 0.0977. The van der Waals surface area contributed by atoms with Gasteiger partial charge in [-0.25, -0.2) is 0 Å². The van der Waals surface area contributed by atoms with E-state index in [1.807, 2.05) is 0 Å². The van der Waals surface area contributed by atoms with Crippen LogP contribution in [0.2, 0.25) is 0 Å². The highest BCUT2D eigenvalue weighted by Crippen LogP contribution is 2.60. The van der Waals surface area contributed by atoms with Crippen molar-refractivity contribution in [1.82, 2.24) is 9.78 Å². The van der Waals surface area contributed by atoms with E-state index in [0.717, 1.165) is 0 Å². The Hall–Kier alpha value is -3.69. The van der Waals surface area contributed by atoms with Crippen LogP contribution in [0.5, 0.6) is 5.75 Å². The van der Waals surface area contributed by atoms with Crippen molar-refractivity contribution in [2.24, 2.45) is 5.18 Å². The molecule has 0 amide bonds. The number of carbonyl (C=O) groups is 1. The number of hydrogen-bond acceptors (Lipinski definition) is 5. The highest BCUT2D eigenvalue weighted by atomic mass is 19.4. The molecular weight excluding hydrogens is 415 g/mol. The van der Waals surface area contributed by atoms with Gasteiger partial charge in [0.15, 0.2) is 0 Å². The van der Waals surface area contributed by atoms with Gasteiger partial charge >= 0.3 is 12.1 Å². The molecule has 1 aliphatic rings. The van der Waals surface area contributed by atoms with Crippen molar-refractivity contribution in [3.8, 4) is 28.0 Å². The number of halogens is 3. The first-order chi connectivity index (χ1) is 14.7. The third-order valence-electron chi connectivity index (χ3n) is 5.37. The molecular formula is C21H16F3N3O4. The molecule has 0 saturated heterocycles. The van der Waals surface area contributed by atoms with Gasteiger partial charge in [-0.15, -0.1) is 4.91 Å². The minimum Gasteiger partial charge on any atom is -0.497 e. The highest BCUT2D eigenvalue weighted by molar-refractivity contribution is 5.93. The molecule has 1 unspecified atom stereocenters. The fourth-order valence-electron chi connectivity index (χ4n) is 3.99. The third-order valence-corrected chi connectivity index (χ3v) is 5.37. The van der Waals surface area contributed by atoms with Crippen molar-refractivity contribution in [2.45, 2.75) is 24.7 Å². The number of hydrogen-bond donors (Lipinski definition) is 1. The molecule has 0 radical (unpaired) electrons. The number of nitrogens with zero attached hydrogens (tertiary/aromatic N) is 3. The van der Waals surface area contributed by atoms with Crippen molar-refractivity contribution in [1.29, 1.82) is 0 Å². The van der Waals surface area contributed by atoms with Gasteiger partial charge in [-0.1, -0.05) is 24.3 Å². The van der Waals surface area contributed by atoms with Crippen molar-refractivity contribution < 1.29 is 27.8 Å². The lowest BCUT2D eigenvalue weighted by Crippen LogP contribution is -2.39. The number of benzene rings is 2. The van der Waals surface area contributed by atoms with Gasteiger partial charge in [-0.3, -0.25) is 9.48 Å². The Balaban J connectivity index is 2.00. The van der Waals surface area contributed by atoms with Crippen molar-refractivity contribution in [3.05, 3.63) is 64.8 Å². The van der Waals surface area contributed by atoms with Gasteiger partial charge in [0.25, 0.3) is 0 Å². The van der Waals surface area contributed by atoms with Gasteiger partial charge in [-0.05, 0) is 34.0 Å². The summed E-state index contributed by atoms with van der Waals surface area (Å²) in [5.74, 6) is -0.877. The zero-order chi connectivity index (χ0) is 22.4. The zero-order valence-corrected chi connectivity index (χ0v) is 16.2. The summed E-state index contributed by atoms with van der Waals surface area (Å²) in [6.07, 6.45) is -2.16. The van der Waals surface area contributed by atoms with Crippen LogP contribution >= 0.6 is 0 Å². The van der Waals surface area contributed by atoms with Gasteiger partial charge in [0.2, 0.25) is 5.54 Å². The first-order valence-electron chi connectivity index (χ1n) is 9.21. The normalized spacial score (nSPS) is 17.2. The fraction of sp³-hybridized carbons (Fsp3) is 0.238. The molecule has 10 heteroatoms. The summed E-state index contributed by atoms with van der Waals surface area (Å²) in [6.45, 7) is 0.0977. The Bertz CT molecular complexity index is 1190. The van der Waals surface area contributed by atoms with Crippen LogP contribution in [0, 0.1) is 4.91 Å². The minimum atomic E-state index is -4.98. The summed E-state index contributed by atoms with van der Waals surface area (Å²) in [7, 11) is 1.31. The quantitative estimate of drug-likeness (QED) is 0.577. The molecule has 0 saturated carbocycles. The van der Waals surface area contributed by atoms with E-state index in [9.17, 15) is 22.9 Å². The van der Waals surface area contributed by atoms with Gasteiger partial charge in [-0.2, -0.15) is 18.3 Å². The average molecular weight is 431 g/mol. The maximum atomic E-state index is 14.3. The van der Waals surface area contributed by atoms with E-state index in [1.54, 1.807) is 18.3 Å². The largest absolute Gasteiger partial charge is 0.497 e. The Morgan fingerprint density at radius 3 is 2.61 bits per heavy atom. The van der Waals surface area contributed by atoms with Crippen LogP contribution in [0.3, 0.4) is 0 Å². The summed E-state index contributed by atoms with van der Waals surface area (Å²) in [6, 6.07) is 8.52. The van der Waals surface area contributed by atoms with Crippen molar-refractivity contribution in [2.75, 3.05) is 7.11 Å². The Kier molecular flexibility index (Phi) is 4.79. The van der Waals surface area contributed by atoms with Crippen LogP contribution in [0.25, 0.3) is 22.3 Å². The lowest BCUT2D eigenvalue weighted by atomic mass is 9.86. The van der Waals surface area contributed by atoms with Gasteiger partial charge < -0.3 is 9.84 Å². The van der Waals surface area contributed by atoms with E-state index in [1.165, 1.54) is 42.3 Å². The molecule has 160 valence electrons. The number of methoxy groups -OCH3 is 1. The van der Waals surface area contributed by atoms with Crippen LogP contribution < -0.4 is 4.74 Å². The second-order valence-corrected chi connectivity index (χ2v) is 7.08. The Morgan fingerprint density at radius 1 is 1.23 bits per heavy atom.